The molecule has 0 spiro atoms. The van der Waals surface area contributed by atoms with Crippen LogP contribution in [0.1, 0.15) is 30.0 Å². The predicted octanol–water partition coefficient (Wildman–Crippen LogP) is 2.51. The van der Waals surface area contributed by atoms with Crippen LogP contribution in [-0.4, -0.2) is 11.1 Å². The fourth-order valence-electron chi connectivity index (χ4n) is 1.39. The molecule has 82 valence electrons. The summed E-state index contributed by atoms with van der Waals surface area (Å²) in [4.78, 5) is 10.4. The van der Waals surface area contributed by atoms with E-state index < -0.39 is 5.97 Å². The van der Waals surface area contributed by atoms with Crippen molar-refractivity contribution in [2.45, 2.75) is 25.8 Å². The molecule has 1 unspecified atom stereocenters. The molecule has 0 saturated carbocycles. The number of nitrogens with two attached hydrogens (primary N) is 1. The van der Waals surface area contributed by atoms with Gasteiger partial charge in [0.15, 0.2) is 0 Å². The van der Waals surface area contributed by atoms with Crippen molar-refractivity contribution >= 4 is 17.6 Å². The number of carboxylic acids is 1. The van der Waals surface area contributed by atoms with Gasteiger partial charge in [-0.3, -0.25) is 4.79 Å². The maximum Gasteiger partial charge on any atom is 0.303 e. The van der Waals surface area contributed by atoms with E-state index in [0.29, 0.717) is 11.4 Å². The van der Waals surface area contributed by atoms with Crippen molar-refractivity contribution in [1.29, 1.82) is 0 Å². The van der Waals surface area contributed by atoms with Gasteiger partial charge in [-0.05, 0) is 24.5 Å². The molecular weight excluding hydrogens is 214 g/mol. The van der Waals surface area contributed by atoms with Crippen molar-refractivity contribution in [2.75, 3.05) is 0 Å². The Morgan fingerprint density at radius 2 is 2.27 bits per heavy atom. The summed E-state index contributed by atoms with van der Waals surface area (Å²) in [7, 11) is 0. The molecule has 0 fully saturated rings. The van der Waals surface area contributed by atoms with E-state index in [9.17, 15) is 4.79 Å². The molecule has 0 radical (unpaired) electrons. The number of carbonyl (C=O) groups is 1. The largest absolute Gasteiger partial charge is 0.481 e. The lowest BCUT2D eigenvalue weighted by atomic mass is 10.0. The van der Waals surface area contributed by atoms with Crippen LogP contribution in [0.4, 0.5) is 0 Å². The molecule has 3 nitrogen and oxygen atoms in total. The van der Waals surface area contributed by atoms with Crippen LogP contribution in [0.25, 0.3) is 0 Å². The number of benzene rings is 1. The topological polar surface area (TPSA) is 63.3 Å². The highest BCUT2D eigenvalue weighted by Gasteiger charge is 2.12. The third kappa shape index (κ3) is 3.22. The molecule has 15 heavy (non-hydrogen) atoms. The van der Waals surface area contributed by atoms with E-state index >= 15 is 0 Å². The summed E-state index contributed by atoms with van der Waals surface area (Å²) in [5, 5.41) is 9.18. The Morgan fingerprint density at radius 3 is 2.87 bits per heavy atom. The zero-order valence-corrected chi connectivity index (χ0v) is 9.29. The molecule has 1 aromatic carbocycles. The minimum absolute atomic E-state index is 0.0609. The molecular formula is C11H14ClNO2. The first-order valence-electron chi connectivity index (χ1n) is 4.74. The molecule has 1 atom stereocenters. The summed E-state index contributed by atoms with van der Waals surface area (Å²) in [6, 6.07) is 5.29. The van der Waals surface area contributed by atoms with E-state index in [-0.39, 0.29) is 12.5 Å². The minimum Gasteiger partial charge on any atom is -0.481 e. The first-order chi connectivity index (χ1) is 7.02. The van der Waals surface area contributed by atoms with Crippen LogP contribution < -0.4 is 5.73 Å². The number of carboxylic acid groups (broad SMARTS) is 1. The maximum atomic E-state index is 10.4. The second-order valence-corrected chi connectivity index (χ2v) is 3.89. The number of aryl methyl sites for hydroxylation is 1. The van der Waals surface area contributed by atoms with Crippen LogP contribution in [0, 0.1) is 6.92 Å². The van der Waals surface area contributed by atoms with Crippen LogP contribution in [0.5, 0.6) is 0 Å². The van der Waals surface area contributed by atoms with E-state index in [1.54, 1.807) is 0 Å². The van der Waals surface area contributed by atoms with Gasteiger partial charge in [-0.15, -0.1) is 0 Å². The number of hydrogen-bond acceptors (Lipinski definition) is 2. The second kappa shape index (κ2) is 5.14. The summed E-state index contributed by atoms with van der Waals surface area (Å²) in [5.74, 6) is -0.839. The normalized spacial score (nSPS) is 12.5. The molecule has 0 aliphatic rings. The van der Waals surface area contributed by atoms with Crippen LogP contribution in [0.15, 0.2) is 18.2 Å². The Hall–Kier alpha value is -1.06. The van der Waals surface area contributed by atoms with Crippen molar-refractivity contribution in [1.82, 2.24) is 0 Å². The van der Waals surface area contributed by atoms with E-state index in [2.05, 4.69) is 0 Å². The quantitative estimate of drug-likeness (QED) is 0.831. The molecule has 0 heterocycles. The van der Waals surface area contributed by atoms with Gasteiger partial charge in [0, 0.05) is 17.5 Å². The van der Waals surface area contributed by atoms with Crippen LogP contribution in [0.3, 0.4) is 0 Å². The lowest BCUT2D eigenvalue weighted by Crippen LogP contribution is -2.13. The highest BCUT2D eigenvalue weighted by molar-refractivity contribution is 6.32. The van der Waals surface area contributed by atoms with Crippen molar-refractivity contribution in [2.24, 2.45) is 5.73 Å². The van der Waals surface area contributed by atoms with Crippen molar-refractivity contribution in [3.8, 4) is 0 Å². The van der Waals surface area contributed by atoms with E-state index in [0.717, 1.165) is 11.1 Å². The van der Waals surface area contributed by atoms with E-state index in [1.165, 1.54) is 0 Å². The smallest absolute Gasteiger partial charge is 0.303 e. The number of aliphatic carboxylic acids is 1. The van der Waals surface area contributed by atoms with Gasteiger partial charge in [0.1, 0.15) is 0 Å². The van der Waals surface area contributed by atoms with E-state index in [1.807, 2.05) is 25.1 Å². The number of rotatable bonds is 4. The molecule has 0 saturated heterocycles. The van der Waals surface area contributed by atoms with Gasteiger partial charge < -0.3 is 10.8 Å². The van der Waals surface area contributed by atoms with Gasteiger partial charge >= 0.3 is 5.97 Å². The summed E-state index contributed by atoms with van der Waals surface area (Å²) in [5.41, 5.74) is 7.64. The summed E-state index contributed by atoms with van der Waals surface area (Å²) < 4.78 is 0. The van der Waals surface area contributed by atoms with E-state index in [4.69, 9.17) is 22.4 Å². The maximum absolute atomic E-state index is 10.4. The molecule has 0 amide bonds. The Kier molecular flexibility index (Phi) is 4.12. The van der Waals surface area contributed by atoms with Crippen LogP contribution in [-0.2, 0) is 4.79 Å². The molecule has 0 aromatic heterocycles. The monoisotopic (exact) mass is 227 g/mol. The van der Waals surface area contributed by atoms with Gasteiger partial charge in [-0.25, -0.2) is 0 Å². The molecule has 0 aliphatic carbocycles. The Morgan fingerprint density at radius 1 is 1.60 bits per heavy atom. The average Bonchev–Trinajstić information content (AvgIpc) is 2.18. The van der Waals surface area contributed by atoms with Gasteiger partial charge in [0.2, 0.25) is 0 Å². The second-order valence-electron chi connectivity index (χ2n) is 3.52. The third-order valence-corrected chi connectivity index (χ3v) is 2.81. The Bertz CT molecular complexity index is 366. The minimum atomic E-state index is -0.839. The summed E-state index contributed by atoms with van der Waals surface area (Å²) in [6.45, 7) is 1.90. The zero-order valence-electron chi connectivity index (χ0n) is 8.53. The van der Waals surface area contributed by atoms with Gasteiger partial charge in [-0.1, -0.05) is 29.8 Å². The highest BCUT2D eigenvalue weighted by Crippen LogP contribution is 2.27. The molecule has 3 N–H and O–H groups in total. The average molecular weight is 228 g/mol. The third-order valence-electron chi connectivity index (χ3n) is 2.29. The lowest BCUT2D eigenvalue weighted by molar-refractivity contribution is -0.137. The van der Waals surface area contributed by atoms with Crippen LogP contribution >= 0.6 is 11.6 Å². The zero-order chi connectivity index (χ0) is 11.4. The van der Waals surface area contributed by atoms with Gasteiger partial charge in [-0.2, -0.15) is 0 Å². The first-order valence-corrected chi connectivity index (χ1v) is 5.12. The predicted molar refractivity (Wildman–Crippen MR) is 60.0 cm³/mol. The van der Waals surface area contributed by atoms with Crippen molar-refractivity contribution in [3.63, 3.8) is 0 Å². The number of hydrogen-bond donors (Lipinski definition) is 2. The molecule has 1 aromatic rings. The molecule has 0 bridgehead atoms. The molecule has 0 aliphatic heterocycles. The Balaban J connectivity index is 2.77. The summed E-state index contributed by atoms with van der Waals surface area (Å²) in [6.07, 6.45) is 0.462. The Labute approximate surface area is 93.9 Å². The lowest BCUT2D eigenvalue weighted by Gasteiger charge is -2.13. The fraction of sp³-hybridized carbons (Fsp3) is 0.364. The van der Waals surface area contributed by atoms with Crippen LogP contribution in [0.2, 0.25) is 5.02 Å². The van der Waals surface area contributed by atoms with Crippen molar-refractivity contribution in [3.05, 3.63) is 34.3 Å². The standard InChI is InChI=1S/C11H14ClNO2/c1-7-3-2-4-8(11(7)12)9(13)5-6-10(14)15/h2-4,9H,5-6,13H2,1H3,(H,14,15). The van der Waals surface area contributed by atoms with Gasteiger partial charge in [0.05, 0.1) is 0 Å². The summed E-state index contributed by atoms with van der Waals surface area (Å²) >= 11 is 6.08. The molecule has 1 rings (SSSR count). The first kappa shape index (κ1) is 12.0. The highest BCUT2D eigenvalue weighted by atomic mass is 35.5. The number of halogens is 1. The van der Waals surface area contributed by atoms with Crippen molar-refractivity contribution < 1.29 is 9.90 Å². The SMILES string of the molecule is Cc1cccc(C(N)CCC(=O)O)c1Cl. The van der Waals surface area contributed by atoms with Gasteiger partial charge in [0.25, 0.3) is 0 Å². The fourth-order valence-corrected chi connectivity index (χ4v) is 1.66. The molecule has 4 heteroatoms.